The lowest BCUT2D eigenvalue weighted by Gasteiger charge is -2.19. The molecule has 2 rings (SSSR count). The standard InChI is InChI=1S/C20H29NO2/c1-5-15(6-7-21)10-16-11-17(22)19(20(16)23)18-13(3)8-12(2)9-14(18)4/h8-9,15-16,19H,5-7,10-11,21H2,1-4H3. The van der Waals surface area contributed by atoms with Gasteiger partial charge in [0.05, 0.1) is 0 Å². The number of rotatable bonds is 6. The van der Waals surface area contributed by atoms with E-state index in [1.54, 1.807) is 0 Å². The summed E-state index contributed by atoms with van der Waals surface area (Å²) >= 11 is 0. The van der Waals surface area contributed by atoms with Crippen LogP contribution in [0.5, 0.6) is 0 Å². The highest BCUT2D eigenvalue weighted by molar-refractivity contribution is 6.14. The Kier molecular flexibility index (Phi) is 5.74. The zero-order chi connectivity index (χ0) is 17.1. The largest absolute Gasteiger partial charge is 0.330 e. The molecule has 3 unspecified atom stereocenters. The van der Waals surface area contributed by atoms with Crippen LogP contribution in [0.1, 0.15) is 60.8 Å². The van der Waals surface area contributed by atoms with E-state index in [1.165, 1.54) is 5.56 Å². The molecule has 0 amide bonds. The molecule has 0 spiro atoms. The van der Waals surface area contributed by atoms with E-state index in [0.29, 0.717) is 18.9 Å². The molecule has 1 aliphatic carbocycles. The summed E-state index contributed by atoms with van der Waals surface area (Å²) in [6.45, 7) is 8.84. The van der Waals surface area contributed by atoms with Gasteiger partial charge in [0.25, 0.3) is 0 Å². The van der Waals surface area contributed by atoms with Gasteiger partial charge < -0.3 is 5.73 Å². The molecule has 1 aromatic rings. The number of Topliss-reactive ketones (excluding diaryl/α,β-unsaturated/α-hetero) is 2. The van der Waals surface area contributed by atoms with Gasteiger partial charge in [-0.05, 0) is 62.8 Å². The number of benzene rings is 1. The molecular formula is C20H29NO2. The Morgan fingerprint density at radius 2 is 1.78 bits per heavy atom. The van der Waals surface area contributed by atoms with Crippen molar-refractivity contribution in [2.45, 2.75) is 59.3 Å². The third-order valence-corrected chi connectivity index (χ3v) is 5.25. The summed E-state index contributed by atoms with van der Waals surface area (Å²) in [7, 11) is 0. The monoisotopic (exact) mass is 315 g/mol. The average molecular weight is 315 g/mol. The molecule has 3 heteroatoms. The van der Waals surface area contributed by atoms with Crippen LogP contribution in [-0.4, -0.2) is 18.1 Å². The molecule has 126 valence electrons. The number of aryl methyl sites for hydroxylation is 3. The summed E-state index contributed by atoms with van der Waals surface area (Å²) < 4.78 is 0. The maximum atomic E-state index is 12.9. The third-order valence-electron chi connectivity index (χ3n) is 5.25. The summed E-state index contributed by atoms with van der Waals surface area (Å²) in [6, 6.07) is 4.14. The summed E-state index contributed by atoms with van der Waals surface area (Å²) in [5, 5.41) is 0. The van der Waals surface area contributed by atoms with Gasteiger partial charge in [-0.3, -0.25) is 9.59 Å². The highest BCUT2D eigenvalue weighted by atomic mass is 16.2. The molecule has 0 saturated heterocycles. The van der Waals surface area contributed by atoms with Gasteiger partial charge in [0.1, 0.15) is 11.7 Å². The molecule has 0 aliphatic heterocycles. The number of nitrogens with two attached hydrogens (primary N) is 1. The predicted octanol–water partition coefficient (Wildman–Crippen LogP) is 3.62. The molecule has 0 aromatic heterocycles. The predicted molar refractivity (Wildman–Crippen MR) is 93.6 cm³/mol. The van der Waals surface area contributed by atoms with Crippen LogP contribution >= 0.6 is 0 Å². The first-order valence-corrected chi connectivity index (χ1v) is 8.73. The Labute approximate surface area is 139 Å². The SMILES string of the molecule is CCC(CCN)CC1CC(=O)C(c2c(C)cc(C)cc2C)C1=O. The van der Waals surface area contributed by atoms with Crippen molar-refractivity contribution in [3.8, 4) is 0 Å². The van der Waals surface area contributed by atoms with Crippen LogP contribution in [0.4, 0.5) is 0 Å². The smallest absolute Gasteiger partial charge is 0.151 e. The van der Waals surface area contributed by atoms with Crippen LogP contribution < -0.4 is 5.73 Å². The van der Waals surface area contributed by atoms with E-state index in [1.807, 2.05) is 20.8 Å². The van der Waals surface area contributed by atoms with Gasteiger partial charge in [0.15, 0.2) is 5.78 Å². The van der Waals surface area contributed by atoms with Crippen molar-refractivity contribution in [2.24, 2.45) is 17.6 Å². The first-order chi connectivity index (χ1) is 10.9. The van der Waals surface area contributed by atoms with E-state index in [9.17, 15) is 9.59 Å². The van der Waals surface area contributed by atoms with Gasteiger partial charge in [0.2, 0.25) is 0 Å². The molecule has 0 radical (unpaired) electrons. The van der Waals surface area contributed by atoms with Gasteiger partial charge in [-0.15, -0.1) is 0 Å². The molecular weight excluding hydrogens is 286 g/mol. The molecule has 0 bridgehead atoms. The van der Waals surface area contributed by atoms with E-state index >= 15 is 0 Å². The first kappa shape index (κ1) is 17.9. The lowest BCUT2D eigenvalue weighted by atomic mass is 9.84. The second-order valence-corrected chi connectivity index (χ2v) is 7.10. The fraction of sp³-hybridized carbons (Fsp3) is 0.600. The Morgan fingerprint density at radius 1 is 1.17 bits per heavy atom. The van der Waals surface area contributed by atoms with Crippen LogP contribution in [-0.2, 0) is 9.59 Å². The van der Waals surface area contributed by atoms with Crippen LogP contribution in [0.2, 0.25) is 0 Å². The van der Waals surface area contributed by atoms with Gasteiger partial charge in [-0.25, -0.2) is 0 Å². The van der Waals surface area contributed by atoms with E-state index in [-0.39, 0.29) is 17.5 Å². The van der Waals surface area contributed by atoms with Crippen molar-refractivity contribution in [1.82, 2.24) is 0 Å². The van der Waals surface area contributed by atoms with Crippen molar-refractivity contribution in [3.63, 3.8) is 0 Å². The minimum Gasteiger partial charge on any atom is -0.330 e. The van der Waals surface area contributed by atoms with Crippen LogP contribution in [0.15, 0.2) is 12.1 Å². The minimum atomic E-state index is -0.545. The molecule has 1 fully saturated rings. The van der Waals surface area contributed by atoms with E-state index < -0.39 is 5.92 Å². The zero-order valence-corrected chi connectivity index (χ0v) is 14.8. The van der Waals surface area contributed by atoms with Crippen LogP contribution in [0.25, 0.3) is 0 Å². The number of carbonyl (C=O) groups excluding carboxylic acids is 2. The van der Waals surface area contributed by atoms with Crippen molar-refractivity contribution >= 4 is 11.6 Å². The minimum absolute atomic E-state index is 0.0951. The highest BCUT2D eigenvalue weighted by Gasteiger charge is 2.43. The molecule has 1 saturated carbocycles. The van der Waals surface area contributed by atoms with Crippen LogP contribution in [0, 0.1) is 32.6 Å². The molecule has 0 heterocycles. The van der Waals surface area contributed by atoms with Crippen molar-refractivity contribution in [2.75, 3.05) is 6.54 Å². The zero-order valence-electron chi connectivity index (χ0n) is 14.8. The molecule has 3 atom stereocenters. The van der Waals surface area contributed by atoms with Gasteiger partial charge >= 0.3 is 0 Å². The summed E-state index contributed by atoms with van der Waals surface area (Å²) in [5.41, 5.74) is 9.90. The second kappa shape index (κ2) is 7.39. The Balaban J connectivity index is 2.26. The quantitative estimate of drug-likeness (QED) is 0.816. The number of carbonyl (C=O) groups is 2. The summed E-state index contributed by atoms with van der Waals surface area (Å²) in [5.74, 6) is -0.000948. The molecule has 1 aliphatic rings. The van der Waals surface area contributed by atoms with Crippen molar-refractivity contribution < 1.29 is 9.59 Å². The topological polar surface area (TPSA) is 60.2 Å². The molecule has 3 nitrogen and oxygen atoms in total. The van der Waals surface area contributed by atoms with E-state index in [2.05, 4.69) is 19.1 Å². The molecule has 2 N–H and O–H groups in total. The Bertz CT molecular complexity index is 583. The summed E-state index contributed by atoms with van der Waals surface area (Å²) in [6.07, 6.45) is 3.15. The highest BCUT2D eigenvalue weighted by Crippen LogP contribution is 2.39. The van der Waals surface area contributed by atoms with E-state index in [0.717, 1.165) is 36.0 Å². The number of hydrogen-bond donors (Lipinski definition) is 1. The fourth-order valence-corrected chi connectivity index (χ4v) is 4.13. The third kappa shape index (κ3) is 3.72. The van der Waals surface area contributed by atoms with E-state index in [4.69, 9.17) is 5.73 Å². The lowest BCUT2D eigenvalue weighted by Crippen LogP contribution is -2.20. The van der Waals surface area contributed by atoms with Gasteiger partial charge in [-0.2, -0.15) is 0 Å². The maximum Gasteiger partial charge on any atom is 0.151 e. The second-order valence-electron chi connectivity index (χ2n) is 7.10. The van der Waals surface area contributed by atoms with Crippen molar-refractivity contribution in [3.05, 3.63) is 34.4 Å². The molecule has 23 heavy (non-hydrogen) atoms. The van der Waals surface area contributed by atoms with Crippen LogP contribution in [0.3, 0.4) is 0 Å². The normalized spacial score (nSPS) is 22.7. The van der Waals surface area contributed by atoms with Gasteiger partial charge in [0, 0.05) is 12.3 Å². The Morgan fingerprint density at radius 3 is 2.30 bits per heavy atom. The Hall–Kier alpha value is -1.48. The fourth-order valence-electron chi connectivity index (χ4n) is 4.13. The van der Waals surface area contributed by atoms with Crippen molar-refractivity contribution in [1.29, 1.82) is 0 Å². The summed E-state index contributed by atoms with van der Waals surface area (Å²) in [4.78, 5) is 25.5. The maximum absolute atomic E-state index is 12.9. The number of ketones is 2. The first-order valence-electron chi connectivity index (χ1n) is 8.73. The van der Waals surface area contributed by atoms with Gasteiger partial charge in [-0.1, -0.05) is 31.0 Å². The molecule has 1 aromatic carbocycles. The average Bonchev–Trinajstić information content (AvgIpc) is 2.73. The number of hydrogen-bond acceptors (Lipinski definition) is 3. The lowest BCUT2D eigenvalue weighted by molar-refractivity contribution is -0.125.